The van der Waals surface area contributed by atoms with E-state index in [0.29, 0.717) is 5.69 Å². The van der Waals surface area contributed by atoms with Crippen molar-refractivity contribution in [3.8, 4) is 0 Å². The zero-order chi connectivity index (χ0) is 20.3. The largest absolute Gasteiger partial charge is 0.372 e. The van der Waals surface area contributed by atoms with Gasteiger partial charge in [-0.15, -0.1) is 0 Å². The van der Waals surface area contributed by atoms with Gasteiger partial charge in [0, 0.05) is 18.8 Å². The second-order valence-corrected chi connectivity index (χ2v) is 6.58. The number of carbonyl (C=O) groups excluding carboxylic acids is 2. The molecule has 28 heavy (non-hydrogen) atoms. The minimum Gasteiger partial charge on any atom is -0.372 e. The zero-order valence-corrected chi connectivity index (χ0v) is 16.4. The summed E-state index contributed by atoms with van der Waals surface area (Å²) in [5, 5.41) is 2.49. The lowest BCUT2D eigenvalue weighted by Gasteiger charge is -2.29. The van der Waals surface area contributed by atoms with E-state index in [1.165, 1.54) is 35.2 Å². The van der Waals surface area contributed by atoms with Gasteiger partial charge in [-0.1, -0.05) is 12.1 Å². The molecule has 2 amide bonds. The van der Waals surface area contributed by atoms with E-state index in [2.05, 4.69) is 24.1 Å². The van der Waals surface area contributed by atoms with E-state index in [-0.39, 0.29) is 10.7 Å². The average Bonchev–Trinajstić information content (AvgIpc) is 2.68. The summed E-state index contributed by atoms with van der Waals surface area (Å²) in [7, 11) is 0. The van der Waals surface area contributed by atoms with E-state index in [4.69, 9.17) is 12.2 Å². The molecule has 0 spiro atoms. The fourth-order valence-corrected chi connectivity index (χ4v) is 3.30. The zero-order valence-electron chi connectivity index (χ0n) is 15.6. The molecule has 7 heteroatoms. The van der Waals surface area contributed by atoms with E-state index in [9.17, 15) is 14.0 Å². The highest BCUT2D eigenvalue weighted by molar-refractivity contribution is 7.80. The van der Waals surface area contributed by atoms with Crippen molar-refractivity contribution < 1.29 is 14.0 Å². The first-order chi connectivity index (χ1) is 13.4. The van der Waals surface area contributed by atoms with Crippen LogP contribution < -0.4 is 15.1 Å². The maximum Gasteiger partial charge on any atom is 0.270 e. The highest BCUT2D eigenvalue weighted by Gasteiger charge is 2.34. The summed E-state index contributed by atoms with van der Waals surface area (Å²) in [4.78, 5) is 28.6. The maximum atomic E-state index is 13.2. The standard InChI is InChI=1S/C21H20FN3O2S/c1-3-24(4-2)16-9-5-14(6-10-16)13-18-19(26)23-21(28)25(20(18)27)17-11-7-15(22)8-12-17/h5-13H,3-4H2,1-2H3,(H,23,26,28)/b18-13+. The number of halogens is 1. The van der Waals surface area contributed by atoms with Gasteiger partial charge in [0.15, 0.2) is 5.11 Å². The molecule has 0 aliphatic carbocycles. The molecule has 1 aliphatic rings. The smallest absolute Gasteiger partial charge is 0.270 e. The predicted octanol–water partition coefficient (Wildman–Crippen LogP) is 3.50. The van der Waals surface area contributed by atoms with E-state index in [1.54, 1.807) is 0 Å². The number of hydrogen-bond acceptors (Lipinski definition) is 4. The highest BCUT2D eigenvalue weighted by Crippen LogP contribution is 2.23. The quantitative estimate of drug-likeness (QED) is 0.477. The van der Waals surface area contributed by atoms with Crippen molar-refractivity contribution in [3.05, 3.63) is 65.5 Å². The van der Waals surface area contributed by atoms with Crippen molar-refractivity contribution in [2.24, 2.45) is 0 Å². The van der Waals surface area contributed by atoms with Crippen LogP contribution >= 0.6 is 12.2 Å². The van der Waals surface area contributed by atoms with Gasteiger partial charge in [-0.2, -0.15) is 0 Å². The van der Waals surface area contributed by atoms with Gasteiger partial charge in [0.05, 0.1) is 5.69 Å². The van der Waals surface area contributed by atoms with Gasteiger partial charge in [0.1, 0.15) is 11.4 Å². The fourth-order valence-electron chi connectivity index (χ4n) is 3.02. The van der Waals surface area contributed by atoms with Crippen LogP contribution in [-0.2, 0) is 9.59 Å². The molecule has 5 nitrogen and oxygen atoms in total. The lowest BCUT2D eigenvalue weighted by atomic mass is 10.1. The van der Waals surface area contributed by atoms with E-state index in [0.717, 1.165) is 24.3 Å². The second kappa shape index (κ2) is 8.31. The number of thiocarbonyl (C=S) groups is 1. The molecule has 0 aromatic heterocycles. The molecule has 0 unspecified atom stereocenters. The summed E-state index contributed by atoms with van der Waals surface area (Å²) in [5.41, 5.74) is 2.15. The molecule has 0 atom stereocenters. The highest BCUT2D eigenvalue weighted by atomic mass is 32.1. The Morgan fingerprint density at radius 3 is 2.21 bits per heavy atom. The summed E-state index contributed by atoms with van der Waals surface area (Å²) in [6.45, 7) is 5.94. The van der Waals surface area contributed by atoms with Crippen LogP contribution in [0.3, 0.4) is 0 Å². The molecule has 1 fully saturated rings. The Balaban J connectivity index is 1.91. The summed E-state index contributed by atoms with van der Waals surface area (Å²) in [5.74, 6) is -1.53. The number of amides is 2. The molecule has 144 valence electrons. The van der Waals surface area contributed by atoms with Crippen molar-refractivity contribution in [3.63, 3.8) is 0 Å². The molecule has 1 saturated heterocycles. The van der Waals surface area contributed by atoms with E-state index < -0.39 is 17.6 Å². The van der Waals surface area contributed by atoms with E-state index in [1.807, 2.05) is 24.3 Å². The minimum atomic E-state index is -0.554. The predicted molar refractivity (Wildman–Crippen MR) is 113 cm³/mol. The lowest BCUT2D eigenvalue weighted by Crippen LogP contribution is -2.54. The van der Waals surface area contributed by atoms with Crippen LogP contribution in [0.15, 0.2) is 54.1 Å². The van der Waals surface area contributed by atoms with Gasteiger partial charge in [-0.05, 0) is 74.1 Å². The summed E-state index contributed by atoms with van der Waals surface area (Å²) in [6, 6.07) is 13.0. The summed E-state index contributed by atoms with van der Waals surface area (Å²) < 4.78 is 13.2. The Hall–Kier alpha value is -3.06. The number of anilines is 2. The maximum absolute atomic E-state index is 13.2. The third-order valence-corrected chi connectivity index (χ3v) is 4.80. The molecule has 0 saturated carbocycles. The number of hydrogen-bond donors (Lipinski definition) is 1. The minimum absolute atomic E-state index is 0.0318. The molecule has 2 aromatic carbocycles. The molecule has 0 bridgehead atoms. The van der Waals surface area contributed by atoms with Gasteiger partial charge in [0.2, 0.25) is 0 Å². The number of carbonyl (C=O) groups is 2. The molecule has 1 heterocycles. The monoisotopic (exact) mass is 397 g/mol. The van der Waals surface area contributed by atoms with Crippen LogP contribution in [-0.4, -0.2) is 30.0 Å². The fraction of sp³-hybridized carbons (Fsp3) is 0.190. The van der Waals surface area contributed by atoms with Crippen LogP contribution in [0.25, 0.3) is 6.08 Å². The number of nitrogens with zero attached hydrogens (tertiary/aromatic N) is 2. The molecule has 3 rings (SSSR count). The number of benzene rings is 2. The van der Waals surface area contributed by atoms with Gasteiger partial charge in [-0.3, -0.25) is 19.8 Å². The number of rotatable bonds is 5. The van der Waals surface area contributed by atoms with Gasteiger partial charge < -0.3 is 4.90 Å². The number of nitrogens with one attached hydrogen (secondary N) is 1. The Morgan fingerprint density at radius 2 is 1.64 bits per heavy atom. The summed E-state index contributed by atoms with van der Waals surface area (Å²) >= 11 is 5.13. The van der Waals surface area contributed by atoms with Crippen molar-refractivity contribution >= 4 is 46.6 Å². The molecule has 2 aromatic rings. The van der Waals surface area contributed by atoms with Crippen molar-refractivity contribution in [1.82, 2.24) is 5.32 Å². The van der Waals surface area contributed by atoms with Crippen molar-refractivity contribution in [2.75, 3.05) is 22.9 Å². The molecular weight excluding hydrogens is 377 g/mol. The Kier molecular flexibility index (Phi) is 5.84. The van der Waals surface area contributed by atoms with Crippen LogP contribution in [0.1, 0.15) is 19.4 Å². The van der Waals surface area contributed by atoms with Gasteiger partial charge in [-0.25, -0.2) is 4.39 Å². The SMILES string of the molecule is CCN(CC)c1ccc(/C=C2\C(=O)NC(=S)N(c3ccc(F)cc3)C2=O)cc1. The van der Waals surface area contributed by atoms with Gasteiger partial charge >= 0.3 is 0 Å². The Labute approximate surface area is 168 Å². The Bertz CT molecular complexity index is 935. The van der Waals surface area contributed by atoms with Gasteiger partial charge in [0.25, 0.3) is 11.8 Å². The first-order valence-electron chi connectivity index (χ1n) is 8.96. The van der Waals surface area contributed by atoms with E-state index >= 15 is 0 Å². The normalized spacial score (nSPS) is 15.8. The molecular formula is C21H20FN3O2S. The third-order valence-electron chi connectivity index (χ3n) is 4.52. The van der Waals surface area contributed by atoms with Crippen LogP contribution in [0, 0.1) is 5.82 Å². The van der Waals surface area contributed by atoms with Crippen LogP contribution in [0.4, 0.5) is 15.8 Å². The summed E-state index contributed by atoms with van der Waals surface area (Å²) in [6.07, 6.45) is 1.53. The first-order valence-corrected chi connectivity index (χ1v) is 9.37. The first kappa shape index (κ1) is 19.7. The average molecular weight is 397 g/mol. The Morgan fingerprint density at radius 1 is 1.04 bits per heavy atom. The second-order valence-electron chi connectivity index (χ2n) is 6.20. The molecule has 1 aliphatic heterocycles. The lowest BCUT2D eigenvalue weighted by molar-refractivity contribution is -0.122. The third kappa shape index (κ3) is 3.94. The van der Waals surface area contributed by atoms with Crippen molar-refractivity contribution in [2.45, 2.75) is 13.8 Å². The van der Waals surface area contributed by atoms with Crippen LogP contribution in [0.5, 0.6) is 0 Å². The molecule has 0 radical (unpaired) electrons. The topological polar surface area (TPSA) is 52.7 Å². The molecule has 1 N–H and O–H groups in total. The van der Waals surface area contributed by atoms with Crippen molar-refractivity contribution in [1.29, 1.82) is 0 Å². The van der Waals surface area contributed by atoms with Crippen LogP contribution in [0.2, 0.25) is 0 Å².